The molecular formula is C24H25N5O3. The zero-order valence-electron chi connectivity index (χ0n) is 17.8. The summed E-state index contributed by atoms with van der Waals surface area (Å²) in [5, 5.41) is 0. The van der Waals surface area contributed by atoms with Gasteiger partial charge in [-0.1, -0.05) is 12.1 Å². The van der Waals surface area contributed by atoms with Gasteiger partial charge in [-0.2, -0.15) is 0 Å². The fourth-order valence-corrected chi connectivity index (χ4v) is 4.42. The minimum absolute atomic E-state index is 0.0648. The van der Waals surface area contributed by atoms with Crippen LogP contribution in [0.3, 0.4) is 0 Å². The molecule has 8 nitrogen and oxygen atoms in total. The summed E-state index contributed by atoms with van der Waals surface area (Å²) in [5.41, 5.74) is 3.47. The fraction of sp³-hybridized carbons (Fsp3) is 0.333. The SMILES string of the molecule is O=C(C(=O)N1CCN(C(=O)c2ccc(-n3cnc4ccccc43)cc2)CC1)N1CCCC1. The predicted molar refractivity (Wildman–Crippen MR) is 119 cm³/mol. The molecule has 2 aliphatic rings. The van der Waals surface area contributed by atoms with Gasteiger partial charge in [-0.15, -0.1) is 0 Å². The second kappa shape index (κ2) is 8.45. The number of piperazine rings is 1. The molecule has 3 aromatic rings. The Hall–Kier alpha value is -3.68. The summed E-state index contributed by atoms with van der Waals surface area (Å²) in [5.74, 6) is -0.925. The molecule has 0 aliphatic carbocycles. The van der Waals surface area contributed by atoms with Gasteiger partial charge in [-0.3, -0.25) is 19.0 Å². The van der Waals surface area contributed by atoms with E-state index in [1.54, 1.807) is 21.0 Å². The van der Waals surface area contributed by atoms with Crippen LogP contribution in [0.1, 0.15) is 23.2 Å². The molecule has 0 unspecified atom stereocenters. The molecule has 0 saturated carbocycles. The highest BCUT2D eigenvalue weighted by Crippen LogP contribution is 2.19. The van der Waals surface area contributed by atoms with Gasteiger partial charge in [0.05, 0.1) is 11.0 Å². The summed E-state index contributed by atoms with van der Waals surface area (Å²) in [6.45, 7) is 2.92. The quantitative estimate of drug-likeness (QED) is 0.581. The summed E-state index contributed by atoms with van der Waals surface area (Å²) in [7, 11) is 0. The predicted octanol–water partition coefficient (Wildman–Crippen LogP) is 1.93. The largest absolute Gasteiger partial charge is 0.335 e. The first-order valence-electron chi connectivity index (χ1n) is 11.0. The highest BCUT2D eigenvalue weighted by Gasteiger charge is 2.31. The van der Waals surface area contributed by atoms with Crippen molar-refractivity contribution in [3.8, 4) is 5.69 Å². The lowest BCUT2D eigenvalue weighted by molar-refractivity contribution is -0.152. The number of benzene rings is 2. The van der Waals surface area contributed by atoms with Crippen LogP contribution in [0.2, 0.25) is 0 Å². The normalized spacial score (nSPS) is 16.6. The molecule has 32 heavy (non-hydrogen) atoms. The minimum atomic E-state index is -0.448. The summed E-state index contributed by atoms with van der Waals surface area (Å²) >= 11 is 0. The Bertz CT molecular complexity index is 1160. The summed E-state index contributed by atoms with van der Waals surface area (Å²) < 4.78 is 1.99. The van der Waals surface area contributed by atoms with Crippen LogP contribution in [-0.2, 0) is 9.59 Å². The number of para-hydroxylation sites is 2. The second-order valence-electron chi connectivity index (χ2n) is 8.23. The molecule has 8 heteroatoms. The highest BCUT2D eigenvalue weighted by atomic mass is 16.2. The van der Waals surface area contributed by atoms with Crippen LogP contribution in [0.15, 0.2) is 54.9 Å². The summed E-state index contributed by atoms with van der Waals surface area (Å²) in [6, 6.07) is 15.4. The standard InChI is InChI=1S/C24H25N5O3/c30-22(27-13-15-28(16-14-27)24(32)23(31)26-11-3-4-12-26)18-7-9-19(10-8-18)29-17-25-20-5-1-2-6-21(20)29/h1-2,5-10,17H,3-4,11-16H2. The van der Waals surface area contributed by atoms with E-state index in [1.807, 2.05) is 53.1 Å². The number of nitrogens with zero attached hydrogens (tertiary/aromatic N) is 5. The summed E-state index contributed by atoms with van der Waals surface area (Å²) in [4.78, 5) is 47.1. The Morgan fingerprint density at radius 3 is 1.97 bits per heavy atom. The second-order valence-corrected chi connectivity index (χ2v) is 8.23. The Labute approximate surface area is 186 Å². The van der Waals surface area contributed by atoms with E-state index in [4.69, 9.17) is 0 Å². The Morgan fingerprint density at radius 1 is 0.688 bits per heavy atom. The van der Waals surface area contributed by atoms with Crippen LogP contribution in [-0.4, -0.2) is 81.2 Å². The number of hydrogen-bond donors (Lipinski definition) is 0. The number of carbonyl (C=O) groups excluding carboxylic acids is 3. The molecule has 1 aromatic heterocycles. The van der Waals surface area contributed by atoms with Crippen molar-refractivity contribution in [2.24, 2.45) is 0 Å². The third-order valence-electron chi connectivity index (χ3n) is 6.28. The van der Waals surface area contributed by atoms with E-state index >= 15 is 0 Å². The smallest absolute Gasteiger partial charge is 0.312 e. The van der Waals surface area contributed by atoms with E-state index in [2.05, 4.69) is 4.98 Å². The molecule has 0 bridgehead atoms. The van der Waals surface area contributed by atoms with E-state index in [0.717, 1.165) is 29.6 Å². The number of likely N-dealkylation sites (tertiary alicyclic amines) is 1. The molecular weight excluding hydrogens is 406 g/mol. The summed E-state index contributed by atoms with van der Waals surface area (Å²) in [6.07, 6.45) is 3.69. The molecule has 2 aliphatic heterocycles. The number of imidazole rings is 1. The van der Waals surface area contributed by atoms with Gasteiger partial charge in [0.15, 0.2) is 0 Å². The van der Waals surface area contributed by atoms with E-state index in [-0.39, 0.29) is 5.91 Å². The Morgan fingerprint density at radius 2 is 1.28 bits per heavy atom. The lowest BCUT2D eigenvalue weighted by Crippen LogP contribution is -2.54. The average molecular weight is 431 g/mol. The molecule has 2 saturated heterocycles. The fourth-order valence-electron chi connectivity index (χ4n) is 4.42. The van der Waals surface area contributed by atoms with Crippen molar-refractivity contribution < 1.29 is 14.4 Å². The Balaban J connectivity index is 1.22. The number of hydrogen-bond acceptors (Lipinski definition) is 4. The van der Waals surface area contributed by atoms with Crippen LogP contribution < -0.4 is 0 Å². The van der Waals surface area contributed by atoms with Crippen LogP contribution in [0, 0.1) is 0 Å². The molecule has 3 amide bonds. The molecule has 3 heterocycles. The molecule has 0 N–H and O–H groups in total. The molecule has 5 rings (SSSR count). The van der Waals surface area contributed by atoms with Gasteiger partial charge in [0.25, 0.3) is 5.91 Å². The van der Waals surface area contributed by atoms with Crippen LogP contribution in [0.4, 0.5) is 0 Å². The first-order chi connectivity index (χ1) is 15.6. The van der Waals surface area contributed by atoms with Crippen molar-refractivity contribution in [3.05, 3.63) is 60.4 Å². The van der Waals surface area contributed by atoms with Crippen LogP contribution in [0.5, 0.6) is 0 Å². The zero-order chi connectivity index (χ0) is 22.1. The third-order valence-corrected chi connectivity index (χ3v) is 6.28. The molecule has 2 aromatic carbocycles. The lowest BCUT2D eigenvalue weighted by Gasteiger charge is -2.35. The maximum Gasteiger partial charge on any atom is 0.312 e. The van der Waals surface area contributed by atoms with Gasteiger partial charge in [0, 0.05) is 50.5 Å². The van der Waals surface area contributed by atoms with Crippen molar-refractivity contribution in [1.82, 2.24) is 24.3 Å². The van der Waals surface area contributed by atoms with Crippen molar-refractivity contribution in [2.45, 2.75) is 12.8 Å². The number of carbonyl (C=O) groups is 3. The maximum atomic E-state index is 13.0. The maximum absolute atomic E-state index is 13.0. The zero-order valence-corrected chi connectivity index (χ0v) is 17.8. The third kappa shape index (κ3) is 3.72. The van der Waals surface area contributed by atoms with Gasteiger partial charge >= 0.3 is 11.8 Å². The van der Waals surface area contributed by atoms with E-state index in [0.29, 0.717) is 44.8 Å². The lowest BCUT2D eigenvalue weighted by atomic mass is 10.1. The van der Waals surface area contributed by atoms with Crippen molar-refractivity contribution >= 4 is 28.8 Å². The minimum Gasteiger partial charge on any atom is -0.335 e. The number of fused-ring (bicyclic) bond motifs is 1. The molecule has 0 atom stereocenters. The first-order valence-corrected chi connectivity index (χ1v) is 11.0. The topological polar surface area (TPSA) is 78.8 Å². The van der Waals surface area contributed by atoms with Crippen molar-refractivity contribution in [2.75, 3.05) is 39.3 Å². The number of aromatic nitrogens is 2. The highest BCUT2D eigenvalue weighted by molar-refractivity contribution is 6.35. The van der Waals surface area contributed by atoms with Crippen LogP contribution >= 0.6 is 0 Å². The first kappa shape index (κ1) is 20.2. The number of rotatable bonds is 2. The van der Waals surface area contributed by atoms with Gasteiger partial charge in [0.2, 0.25) is 0 Å². The molecule has 164 valence electrons. The van der Waals surface area contributed by atoms with Gasteiger partial charge in [-0.25, -0.2) is 4.98 Å². The molecule has 0 spiro atoms. The van der Waals surface area contributed by atoms with Crippen molar-refractivity contribution in [1.29, 1.82) is 0 Å². The average Bonchev–Trinajstić information content (AvgIpc) is 3.53. The van der Waals surface area contributed by atoms with Gasteiger partial charge < -0.3 is 14.7 Å². The van der Waals surface area contributed by atoms with E-state index < -0.39 is 11.8 Å². The monoisotopic (exact) mass is 431 g/mol. The van der Waals surface area contributed by atoms with Crippen molar-refractivity contribution in [3.63, 3.8) is 0 Å². The molecule has 0 radical (unpaired) electrons. The molecule has 2 fully saturated rings. The van der Waals surface area contributed by atoms with Crippen LogP contribution in [0.25, 0.3) is 16.7 Å². The van der Waals surface area contributed by atoms with E-state index in [1.165, 1.54) is 0 Å². The van der Waals surface area contributed by atoms with E-state index in [9.17, 15) is 14.4 Å². The number of amides is 3. The Kier molecular flexibility index (Phi) is 5.34. The van der Waals surface area contributed by atoms with Gasteiger partial charge in [0.1, 0.15) is 6.33 Å². The van der Waals surface area contributed by atoms with Gasteiger partial charge in [-0.05, 0) is 49.2 Å².